The summed E-state index contributed by atoms with van der Waals surface area (Å²) in [5, 5.41) is 0. The average molecular weight is 729 g/mol. The van der Waals surface area contributed by atoms with E-state index in [1.807, 2.05) is 47.0 Å². The zero-order valence-electron chi connectivity index (χ0n) is 22.8. The number of hydrogen-bond donors (Lipinski definition) is 0. The normalized spacial score (nSPS) is 19.1. The third-order valence-electron chi connectivity index (χ3n) is 5.58. The standard InChI is InChI=1S/C26H32O4S10/c1-5-7-9-11-13-31-19-20(32-14-12-10-8-6-2)36-23(35-19)24-39-25-26(40-24)38-22(37-25)21-33-15(17(27)29-3)16(34-21)18(28)30-4/h5-14H2,1-4H3. The number of esters is 2. The van der Waals surface area contributed by atoms with Crippen LogP contribution in [0.4, 0.5) is 0 Å². The molecule has 0 aromatic carbocycles. The fourth-order valence-electron chi connectivity index (χ4n) is 3.51. The minimum Gasteiger partial charge on any atom is -0.465 e. The van der Waals surface area contributed by atoms with Crippen molar-refractivity contribution in [1.29, 1.82) is 0 Å². The summed E-state index contributed by atoms with van der Waals surface area (Å²) < 4.78 is 20.2. The van der Waals surface area contributed by atoms with Gasteiger partial charge in [0.15, 0.2) is 0 Å². The van der Waals surface area contributed by atoms with E-state index in [-0.39, 0.29) is 0 Å². The van der Waals surface area contributed by atoms with Crippen molar-refractivity contribution in [1.82, 2.24) is 0 Å². The Kier molecular flexibility index (Phi) is 15.0. The number of thioether (sulfide) groups is 10. The highest BCUT2D eigenvalue weighted by atomic mass is 32.3. The van der Waals surface area contributed by atoms with Crippen molar-refractivity contribution in [2.75, 3.05) is 25.7 Å². The summed E-state index contributed by atoms with van der Waals surface area (Å²) in [6.45, 7) is 4.54. The minimum absolute atomic E-state index is 0.308. The van der Waals surface area contributed by atoms with Crippen molar-refractivity contribution in [2.45, 2.75) is 65.2 Å². The molecule has 0 amide bonds. The van der Waals surface area contributed by atoms with E-state index in [1.165, 1.54) is 126 Å². The van der Waals surface area contributed by atoms with E-state index in [0.717, 1.165) is 8.47 Å². The van der Waals surface area contributed by atoms with Gasteiger partial charge in [-0.2, -0.15) is 0 Å². The highest BCUT2D eigenvalue weighted by Gasteiger charge is 2.39. The van der Waals surface area contributed by atoms with Crippen LogP contribution in [0.25, 0.3) is 0 Å². The molecule has 0 unspecified atom stereocenters. The van der Waals surface area contributed by atoms with Gasteiger partial charge in [0.2, 0.25) is 0 Å². The Hall–Kier alpha value is 1.14. The summed E-state index contributed by atoms with van der Waals surface area (Å²) in [7, 11) is 2.66. The van der Waals surface area contributed by atoms with Gasteiger partial charge in [0, 0.05) is 0 Å². The molecule has 0 N–H and O–H groups in total. The molecule has 0 aromatic rings. The van der Waals surface area contributed by atoms with Crippen molar-refractivity contribution in [3.63, 3.8) is 0 Å². The van der Waals surface area contributed by atoms with Gasteiger partial charge in [-0.1, -0.05) is 146 Å². The van der Waals surface area contributed by atoms with Gasteiger partial charge in [0.05, 0.1) is 48.1 Å². The van der Waals surface area contributed by atoms with Crippen molar-refractivity contribution in [3.8, 4) is 0 Å². The second kappa shape index (κ2) is 17.6. The van der Waals surface area contributed by atoms with Gasteiger partial charge in [-0.25, -0.2) is 9.59 Å². The molecule has 0 aromatic heterocycles. The van der Waals surface area contributed by atoms with E-state index >= 15 is 0 Å². The van der Waals surface area contributed by atoms with Crippen LogP contribution in [0.15, 0.2) is 43.7 Å². The number of methoxy groups -OCH3 is 2. The Morgan fingerprint density at radius 2 is 0.875 bits per heavy atom. The molecule has 40 heavy (non-hydrogen) atoms. The summed E-state index contributed by atoms with van der Waals surface area (Å²) in [5.41, 5.74) is 0. The molecule has 0 saturated carbocycles. The van der Waals surface area contributed by atoms with Gasteiger partial charge in [-0.05, 0) is 24.3 Å². The topological polar surface area (TPSA) is 52.6 Å². The number of carbonyl (C=O) groups is 2. The van der Waals surface area contributed by atoms with Crippen LogP contribution in [0, 0.1) is 0 Å². The van der Waals surface area contributed by atoms with E-state index in [9.17, 15) is 9.59 Å². The molecular weight excluding hydrogens is 697 g/mol. The molecule has 220 valence electrons. The Bertz CT molecular complexity index is 1070. The van der Waals surface area contributed by atoms with E-state index in [1.54, 1.807) is 23.5 Å². The van der Waals surface area contributed by atoms with Gasteiger partial charge < -0.3 is 9.47 Å². The molecule has 0 radical (unpaired) electrons. The highest BCUT2D eigenvalue weighted by Crippen LogP contribution is 2.72. The second-order valence-corrected chi connectivity index (χ2v) is 21.0. The van der Waals surface area contributed by atoms with Crippen molar-refractivity contribution < 1.29 is 19.1 Å². The van der Waals surface area contributed by atoms with Crippen LogP contribution in [0.5, 0.6) is 0 Å². The SMILES string of the molecule is CCCCCCSC1=C(SCCCCCC)SC(=C2SC3=C(S2)SC(=C2SC(C(=O)OC)=C(C(=O)OC)S2)S3)S1. The largest absolute Gasteiger partial charge is 0.465 e. The van der Waals surface area contributed by atoms with Gasteiger partial charge in [-0.15, -0.1) is 23.5 Å². The lowest BCUT2D eigenvalue weighted by molar-refractivity contribution is -0.138. The van der Waals surface area contributed by atoms with Crippen LogP contribution >= 0.6 is 118 Å². The van der Waals surface area contributed by atoms with Crippen molar-refractivity contribution in [2.24, 2.45) is 0 Å². The molecular formula is C26H32O4S10. The number of carbonyl (C=O) groups excluding carboxylic acids is 2. The predicted molar refractivity (Wildman–Crippen MR) is 193 cm³/mol. The summed E-state index contributed by atoms with van der Waals surface area (Å²) in [5.74, 6) is 1.40. The van der Waals surface area contributed by atoms with E-state index in [2.05, 4.69) is 37.4 Å². The predicted octanol–water partition coefficient (Wildman–Crippen LogP) is 11.6. The second-order valence-electron chi connectivity index (χ2n) is 8.58. The lowest BCUT2D eigenvalue weighted by atomic mass is 10.2. The third kappa shape index (κ3) is 9.09. The Morgan fingerprint density at radius 3 is 1.23 bits per heavy atom. The Morgan fingerprint density at radius 1 is 0.525 bits per heavy atom. The summed E-state index contributed by atoms with van der Waals surface area (Å²) in [4.78, 5) is 25.2. The van der Waals surface area contributed by atoms with Gasteiger partial charge in [-0.3, -0.25) is 0 Å². The number of unbranched alkanes of at least 4 members (excludes halogenated alkanes) is 6. The third-order valence-corrected chi connectivity index (χ3v) is 20.5. The maximum absolute atomic E-state index is 12.3. The van der Waals surface area contributed by atoms with Crippen LogP contribution < -0.4 is 0 Å². The van der Waals surface area contributed by atoms with Crippen LogP contribution in [-0.2, 0) is 19.1 Å². The zero-order chi connectivity index (χ0) is 28.5. The first-order valence-corrected chi connectivity index (χ1v) is 21.6. The molecule has 4 heterocycles. The van der Waals surface area contributed by atoms with Crippen LogP contribution in [0.3, 0.4) is 0 Å². The van der Waals surface area contributed by atoms with Gasteiger partial charge >= 0.3 is 11.9 Å². The van der Waals surface area contributed by atoms with Crippen molar-refractivity contribution >= 4 is 130 Å². The van der Waals surface area contributed by atoms with Gasteiger partial charge in [0.25, 0.3) is 0 Å². The van der Waals surface area contributed by atoms with Crippen LogP contribution in [0.1, 0.15) is 65.2 Å². The van der Waals surface area contributed by atoms with E-state index in [0.29, 0.717) is 9.81 Å². The first-order valence-electron chi connectivity index (χ1n) is 13.0. The van der Waals surface area contributed by atoms with Crippen LogP contribution in [0.2, 0.25) is 0 Å². The molecule has 0 aliphatic carbocycles. The average Bonchev–Trinajstić information content (AvgIpc) is 3.74. The fourth-order valence-corrected chi connectivity index (χ4v) is 18.9. The van der Waals surface area contributed by atoms with Crippen molar-refractivity contribution in [3.05, 3.63) is 43.7 Å². The maximum Gasteiger partial charge on any atom is 0.346 e. The Balaban J connectivity index is 1.37. The monoisotopic (exact) mass is 728 g/mol. The molecule has 0 saturated heterocycles. The lowest BCUT2D eigenvalue weighted by Gasteiger charge is -2.07. The summed E-state index contributed by atoms with van der Waals surface area (Å²) in [6, 6.07) is 0. The maximum atomic E-state index is 12.3. The number of ether oxygens (including phenoxy) is 2. The van der Waals surface area contributed by atoms with E-state index < -0.39 is 11.9 Å². The highest BCUT2D eigenvalue weighted by molar-refractivity contribution is 8.50. The quantitative estimate of drug-likeness (QED) is 0.126. The molecule has 4 aliphatic rings. The molecule has 0 bridgehead atoms. The summed E-state index contributed by atoms with van der Waals surface area (Å²) >= 11 is 17.9. The number of rotatable bonds is 14. The summed E-state index contributed by atoms with van der Waals surface area (Å²) in [6.07, 6.45) is 10.4. The van der Waals surface area contributed by atoms with Gasteiger partial charge in [0.1, 0.15) is 9.81 Å². The molecule has 14 heteroatoms. The molecule has 0 fully saturated rings. The zero-order valence-corrected chi connectivity index (χ0v) is 31.0. The van der Waals surface area contributed by atoms with Crippen LogP contribution in [-0.4, -0.2) is 37.7 Å². The minimum atomic E-state index is -0.501. The molecule has 0 atom stereocenters. The molecule has 4 aliphatic heterocycles. The first kappa shape index (κ1) is 34.0. The molecule has 4 rings (SSSR count). The first-order chi connectivity index (χ1) is 19.5. The smallest absolute Gasteiger partial charge is 0.346 e. The number of hydrogen-bond acceptors (Lipinski definition) is 14. The lowest BCUT2D eigenvalue weighted by Crippen LogP contribution is -2.08. The van der Waals surface area contributed by atoms with E-state index in [4.69, 9.17) is 9.47 Å². The fraction of sp³-hybridized carbons (Fsp3) is 0.538. The molecule has 0 spiro atoms. The Labute approximate surface area is 280 Å². The molecule has 4 nitrogen and oxygen atoms in total.